The van der Waals surface area contributed by atoms with E-state index < -0.39 is 29.8 Å². The highest BCUT2D eigenvalue weighted by atomic mass is 35.5. The third-order valence-electron chi connectivity index (χ3n) is 4.22. The topological polar surface area (TPSA) is 92.8 Å². The first-order chi connectivity index (χ1) is 13.3. The Morgan fingerprint density at radius 2 is 1.79 bits per heavy atom. The number of carbonyl (C=O) groups is 4. The number of rotatable bonds is 5. The number of hydrogen-bond acceptors (Lipinski definition) is 5. The first-order valence-electron chi connectivity index (χ1n) is 8.61. The first-order valence-corrected chi connectivity index (χ1v) is 8.99. The molecule has 2 aromatic rings. The zero-order valence-corrected chi connectivity index (χ0v) is 15.9. The second kappa shape index (κ2) is 7.82. The number of amides is 3. The lowest BCUT2D eigenvalue weighted by Gasteiger charge is -2.15. The predicted octanol–water partition coefficient (Wildman–Crippen LogP) is 2.82. The van der Waals surface area contributed by atoms with Crippen molar-refractivity contribution in [3.05, 3.63) is 64.2 Å². The van der Waals surface area contributed by atoms with E-state index in [2.05, 4.69) is 5.32 Å². The fourth-order valence-electron chi connectivity index (χ4n) is 2.82. The molecule has 1 heterocycles. The van der Waals surface area contributed by atoms with E-state index in [1.807, 2.05) is 0 Å². The number of hydrogen-bond donors (Lipinski definition) is 1. The molecule has 0 aliphatic carbocycles. The number of carbonyl (C=O) groups excluding carboxylic acids is 4. The maximum Gasteiger partial charge on any atom is 0.338 e. The number of halogens is 1. The normalized spacial score (nSPS) is 13.9. The van der Waals surface area contributed by atoms with Crippen LogP contribution in [-0.2, 0) is 9.53 Å². The molecule has 8 heteroatoms. The highest BCUT2D eigenvalue weighted by Crippen LogP contribution is 2.33. The average Bonchev–Trinajstić information content (AvgIpc) is 2.92. The molecule has 0 bridgehead atoms. The van der Waals surface area contributed by atoms with Crippen molar-refractivity contribution in [3.8, 4) is 0 Å². The van der Waals surface area contributed by atoms with Gasteiger partial charge in [0, 0.05) is 6.54 Å². The Hall–Kier alpha value is -3.19. The summed E-state index contributed by atoms with van der Waals surface area (Å²) in [6.45, 7) is 3.61. The van der Waals surface area contributed by atoms with Crippen LogP contribution >= 0.6 is 11.6 Å². The van der Waals surface area contributed by atoms with Crippen molar-refractivity contribution in [2.45, 2.75) is 20.0 Å². The van der Waals surface area contributed by atoms with Crippen LogP contribution in [0.4, 0.5) is 5.69 Å². The molecule has 2 aromatic carbocycles. The summed E-state index contributed by atoms with van der Waals surface area (Å²) in [6, 6.07) is 10.6. The molecule has 3 amide bonds. The highest BCUT2D eigenvalue weighted by Gasteiger charge is 2.38. The predicted molar refractivity (Wildman–Crippen MR) is 103 cm³/mol. The van der Waals surface area contributed by atoms with E-state index >= 15 is 0 Å². The Balaban J connectivity index is 1.87. The molecule has 1 N–H and O–H groups in total. The Labute approximate surface area is 166 Å². The molecule has 1 atom stereocenters. The molecular formula is C20H17ClN2O5. The van der Waals surface area contributed by atoms with Gasteiger partial charge in [-0.25, -0.2) is 9.69 Å². The van der Waals surface area contributed by atoms with E-state index in [4.69, 9.17) is 16.3 Å². The van der Waals surface area contributed by atoms with Crippen LogP contribution in [0.5, 0.6) is 0 Å². The Morgan fingerprint density at radius 3 is 2.46 bits per heavy atom. The van der Waals surface area contributed by atoms with Gasteiger partial charge in [0.05, 0.1) is 27.4 Å². The Bertz CT molecular complexity index is 988. The molecule has 28 heavy (non-hydrogen) atoms. The van der Waals surface area contributed by atoms with E-state index in [0.29, 0.717) is 6.54 Å². The fourth-order valence-corrected chi connectivity index (χ4v) is 3.04. The minimum Gasteiger partial charge on any atom is -0.449 e. The molecule has 1 aliphatic heterocycles. The SMILES string of the molecule is CCNC(=O)[C@@H](C)OC(=O)c1ccc2c(c1)C(=O)N(c1ccccc1Cl)C2=O. The van der Waals surface area contributed by atoms with Crippen LogP contribution < -0.4 is 10.2 Å². The third kappa shape index (κ3) is 3.48. The number of nitrogens with zero attached hydrogens (tertiary/aromatic N) is 1. The number of benzene rings is 2. The number of likely N-dealkylation sites (N-methyl/N-ethyl adjacent to an activating group) is 1. The zero-order valence-electron chi connectivity index (χ0n) is 15.2. The summed E-state index contributed by atoms with van der Waals surface area (Å²) in [5.74, 6) is -2.30. The number of imide groups is 1. The molecule has 1 aliphatic rings. The maximum atomic E-state index is 12.8. The lowest BCUT2D eigenvalue weighted by Crippen LogP contribution is -2.35. The van der Waals surface area contributed by atoms with Crippen molar-refractivity contribution in [2.75, 3.05) is 11.4 Å². The van der Waals surface area contributed by atoms with Gasteiger partial charge in [-0.1, -0.05) is 23.7 Å². The van der Waals surface area contributed by atoms with Crippen LogP contribution in [0.1, 0.15) is 44.9 Å². The van der Waals surface area contributed by atoms with Crippen LogP contribution in [0.2, 0.25) is 5.02 Å². The van der Waals surface area contributed by atoms with Crippen molar-refractivity contribution in [1.82, 2.24) is 5.32 Å². The van der Waals surface area contributed by atoms with E-state index in [1.165, 1.54) is 25.1 Å². The summed E-state index contributed by atoms with van der Waals surface area (Å²) in [4.78, 5) is 50.5. The van der Waals surface area contributed by atoms with Crippen LogP contribution in [0.25, 0.3) is 0 Å². The van der Waals surface area contributed by atoms with Crippen molar-refractivity contribution in [1.29, 1.82) is 0 Å². The van der Waals surface area contributed by atoms with Gasteiger partial charge in [0.25, 0.3) is 17.7 Å². The van der Waals surface area contributed by atoms with Gasteiger partial charge in [0.15, 0.2) is 6.10 Å². The van der Waals surface area contributed by atoms with Crippen molar-refractivity contribution >= 4 is 41.0 Å². The van der Waals surface area contributed by atoms with Crippen molar-refractivity contribution in [3.63, 3.8) is 0 Å². The number of ether oxygens (including phenoxy) is 1. The molecule has 7 nitrogen and oxygen atoms in total. The smallest absolute Gasteiger partial charge is 0.338 e. The molecule has 0 spiro atoms. The lowest BCUT2D eigenvalue weighted by atomic mass is 10.1. The first kappa shape index (κ1) is 19.6. The van der Waals surface area contributed by atoms with E-state index in [-0.39, 0.29) is 27.4 Å². The number of anilines is 1. The van der Waals surface area contributed by atoms with Crippen LogP contribution in [0.3, 0.4) is 0 Å². The average molecular weight is 401 g/mol. The number of esters is 1. The second-order valence-corrected chi connectivity index (χ2v) is 6.51. The monoisotopic (exact) mass is 400 g/mol. The van der Waals surface area contributed by atoms with E-state index in [0.717, 1.165) is 4.90 Å². The largest absolute Gasteiger partial charge is 0.449 e. The number of fused-ring (bicyclic) bond motifs is 1. The third-order valence-corrected chi connectivity index (χ3v) is 4.54. The zero-order chi connectivity index (χ0) is 20.4. The van der Waals surface area contributed by atoms with Gasteiger partial charge in [-0.2, -0.15) is 0 Å². The van der Waals surface area contributed by atoms with Crippen molar-refractivity contribution in [2.24, 2.45) is 0 Å². The summed E-state index contributed by atoms with van der Waals surface area (Å²) >= 11 is 6.11. The second-order valence-electron chi connectivity index (χ2n) is 6.10. The quantitative estimate of drug-likeness (QED) is 0.615. The lowest BCUT2D eigenvalue weighted by molar-refractivity contribution is -0.128. The minimum atomic E-state index is -0.988. The van der Waals surface area contributed by atoms with Gasteiger partial charge >= 0.3 is 5.97 Å². The van der Waals surface area contributed by atoms with Crippen LogP contribution in [0.15, 0.2) is 42.5 Å². The summed E-state index contributed by atoms with van der Waals surface area (Å²) in [5, 5.41) is 2.81. The molecule has 144 valence electrons. The molecule has 0 saturated heterocycles. The molecular weight excluding hydrogens is 384 g/mol. The fraction of sp³-hybridized carbons (Fsp3) is 0.200. The van der Waals surface area contributed by atoms with Gasteiger partial charge in [-0.3, -0.25) is 14.4 Å². The van der Waals surface area contributed by atoms with Crippen molar-refractivity contribution < 1.29 is 23.9 Å². The molecule has 0 radical (unpaired) electrons. The number of nitrogens with one attached hydrogen (secondary N) is 1. The molecule has 0 saturated carbocycles. The maximum absolute atomic E-state index is 12.8. The number of para-hydroxylation sites is 1. The summed E-state index contributed by atoms with van der Waals surface area (Å²) in [5.41, 5.74) is 0.574. The van der Waals surface area contributed by atoms with Gasteiger partial charge in [-0.05, 0) is 44.2 Å². The van der Waals surface area contributed by atoms with Crippen LogP contribution in [-0.4, -0.2) is 36.3 Å². The van der Waals surface area contributed by atoms with E-state index in [1.54, 1.807) is 31.2 Å². The minimum absolute atomic E-state index is 0.0667. The Kier molecular flexibility index (Phi) is 5.46. The van der Waals surface area contributed by atoms with Gasteiger partial charge < -0.3 is 10.1 Å². The summed E-state index contributed by atoms with van der Waals surface area (Å²) in [7, 11) is 0. The standard InChI is InChI=1S/C20H17ClN2O5/c1-3-22-17(24)11(2)28-20(27)12-8-9-13-14(10-12)19(26)23(18(13)25)16-7-5-4-6-15(16)21/h4-11H,3H2,1-2H3,(H,22,24)/t11-/m1/s1. The molecule has 0 aromatic heterocycles. The molecule has 0 fully saturated rings. The summed E-state index contributed by atoms with van der Waals surface area (Å²) in [6.07, 6.45) is -0.988. The van der Waals surface area contributed by atoms with Crippen LogP contribution in [0, 0.1) is 0 Å². The molecule has 3 rings (SSSR count). The summed E-state index contributed by atoms with van der Waals surface area (Å²) < 4.78 is 5.12. The van der Waals surface area contributed by atoms with Gasteiger partial charge in [0.2, 0.25) is 0 Å². The Morgan fingerprint density at radius 1 is 1.11 bits per heavy atom. The highest BCUT2D eigenvalue weighted by molar-refractivity contribution is 6.39. The van der Waals surface area contributed by atoms with Gasteiger partial charge in [0.1, 0.15) is 0 Å². The van der Waals surface area contributed by atoms with Gasteiger partial charge in [-0.15, -0.1) is 0 Å². The van der Waals surface area contributed by atoms with E-state index in [9.17, 15) is 19.2 Å². The molecule has 0 unspecified atom stereocenters.